The zero-order valence-electron chi connectivity index (χ0n) is 17.0. The molecule has 31 heavy (non-hydrogen) atoms. The Balaban J connectivity index is 1.60. The summed E-state index contributed by atoms with van der Waals surface area (Å²) in [6.07, 6.45) is 1.57. The van der Waals surface area contributed by atoms with Crippen LogP contribution in [0.4, 0.5) is 5.69 Å². The summed E-state index contributed by atoms with van der Waals surface area (Å²) in [5.41, 5.74) is 3.40. The van der Waals surface area contributed by atoms with E-state index in [0.717, 1.165) is 24.0 Å². The van der Waals surface area contributed by atoms with E-state index in [2.05, 4.69) is 5.38 Å². The average Bonchev–Trinajstić information content (AvgIpc) is 3.45. The third-order valence-corrected chi connectivity index (χ3v) is 6.73. The molecule has 156 valence electrons. The fraction of sp³-hybridized carbons (Fsp3) is 0.240. The quantitative estimate of drug-likeness (QED) is 0.420. The van der Waals surface area contributed by atoms with Gasteiger partial charge in [-0.15, -0.1) is 0 Å². The van der Waals surface area contributed by atoms with Crippen LogP contribution in [0, 0.1) is 11.8 Å². The van der Waals surface area contributed by atoms with Crippen LogP contribution < -0.4 is 9.64 Å². The van der Waals surface area contributed by atoms with Crippen molar-refractivity contribution in [2.24, 2.45) is 11.8 Å². The molecule has 2 aromatic carbocycles. The van der Waals surface area contributed by atoms with Gasteiger partial charge in [0.1, 0.15) is 17.5 Å². The third kappa shape index (κ3) is 3.37. The summed E-state index contributed by atoms with van der Waals surface area (Å²) >= 11 is 1.62. The predicted octanol–water partition coefficient (Wildman–Crippen LogP) is 4.68. The van der Waals surface area contributed by atoms with E-state index in [1.54, 1.807) is 24.5 Å². The van der Waals surface area contributed by atoms with Gasteiger partial charge in [0.2, 0.25) is 5.78 Å². The summed E-state index contributed by atoms with van der Waals surface area (Å²) in [6, 6.07) is 16.2. The summed E-state index contributed by atoms with van der Waals surface area (Å²) in [5, 5.41) is 4.07. The Morgan fingerprint density at radius 1 is 1.00 bits per heavy atom. The van der Waals surface area contributed by atoms with Crippen molar-refractivity contribution in [1.29, 1.82) is 0 Å². The molecule has 0 bridgehead atoms. The van der Waals surface area contributed by atoms with E-state index in [9.17, 15) is 14.4 Å². The smallest absolute Gasteiger partial charge is 0.295 e. The summed E-state index contributed by atoms with van der Waals surface area (Å²) in [6.45, 7) is 0. The number of hydrogen-bond acceptors (Lipinski definition) is 5. The Kier molecular flexibility index (Phi) is 4.94. The molecule has 5 rings (SSSR count). The topological polar surface area (TPSA) is 63.7 Å². The maximum Gasteiger partial charge on any atom is 0.295 e. The van der Waals surface area contributed by atoms with E-state index in [-0.39, 0.29) is 11.7 Å². The van der Waals surface area contributed by atoms with Crippen LogP contribution in [-0.4, -0.2) is 24.6 Å². The Hall–Kier alpha value is -3.25. The molecule has 1 aliphatic heterocycles. The Morgan fingerprint density at radius 3 is 2.39 bits per heavy atom. The van der Waals surface area contributed by atoms with Crippen molar-refractivity contribution in [3.8, 4) is 16.9 Å². The minimum atomic E-state index is -1.01. The highest BCUT2D eigenvalue weighted by atomic mass is 32.1. The van der Waals surface area contributed by atoms with Gasteiger partial charge in [-0.1, -0.05) is 30.3 Å². The first kappa shape index (κ1) is 19.7. The molecule has 2 unspecified atom stereocenters. The summed E-state index contributed by atoms with van der Waals surface area (Å²) < 4.78 is 5.53. The number of para-hydroxylation sites is 1. The van der Waals surface area contributed by atoms with E-state index >= 15 is 0 Å². The van der Waals surface area contributed by atoms with E-state index in [1.807, 2.05) is 53.9 Å². The SMILES string of the molecule is COc1ccccc1C1C(C(=O)C2CC2)C(=O)C(=O)N1c1ccc(-c2ccsc2)cc1. The number of benzene rings is 2. The predicted molar refractivity (Wildman–Crippen MR) is 119 cm³/mol. The number of carbonyl (C=O) groups is 3. The van der Waals surface area contributed by atoms with Crippen molar-refractivity contribution in [2.75, 3.05) is 12.0 Å². The number of anilines is 1. The first-order valence-corrected chi connectivity index (χ1v) is 11.2. The molecule has 2 aliphatic rings. The fourth-order valence-corrected chi connectivity index (χ4v) is 4.99. The molecule has 2 fully saturated rings. The molecule has 6 heteroatoms. The highest BCUT2D eigenvalue weighted by molar-refractivity contribution is 7.08. The van der Waals surface area contributed by atoms with Gasteiger partial charge in [-0.3, -0.25) is 19.3 Å². The highest BCUT2D eigenvalue weighted by Crippen LogP contribution is 2.46. The van der Waals surface area contributed by atoms with Crippen molar-refractivity contribution in [3.63, 3.8) is 0 Å². The number of ketones is 2. The summed E-state index contributed by atoms with van der Waals surface area (Å²) in [7, 11) is 1.55. The van der Waals surface area contributed by atoms with Gasteiger partial charge >= 0.3 is 0 Å². The van der Waals surface area contributed by atoms with Gasteiger partial charge in [0, 0.05) is 17.2 Å². The van der Waals surface area contributed by atoms with Gasteiger partial charge in [0.05, 0.1) is 13.2 Å². The van der Waals surface area contributed by atoms with Gasteiger partial charge in [-0.05, 0) is 59.0 Å². The monoisotopic (exact) mass is 431 g/mol. The molecule has 3 aromatic rings. The number of methoxy groups -OCH3 is 1. The van der Waals surface area contributed by atoms with Crippen LogP contribution in [0.2, 0.25) is 0 Å². The zero-order valence-corrected chi connectivity index (χ0v) is 17.8. The molecular weight excluding hydrogens is 410 g/mol. The van der Waals surface area contributed by atoms with Crippen LogP contribution in [0.15, 0.2) is 65.4 Å². The number of Topliss-reactive ketones (excluding diaryl/α,β-unsaturated/α-hetero) is 2. The first-order chi connectivity index (χ1) is 15.1. The van der Waals surface area contributed by atoms with Crippen molar-refractivity contribution in [2.45, 2.75) is 18.9 Å². The summed E-state index contributed by atoms with van der Waals surface area (Å²) in [5.74, 6) is -1.98. The molecule has 1 saturated carbocycles. The van der Waals surface area contributed by atoms with Crippen LogP contribution >= 0.6 is 11.3 Å². The Bertz CT molecular complexity index is 1150. The van der Waals surface area contributed by atoms with Crippen LogP contribution in [-0.2, 0) is 14.4 Å². The van der Waals surface area contributed by atoms with E-state index < -0.39 is 23.7 Å². The number of thiophene rings is 1. The van der Waals surface area contributed by atoms with Crippen LogP contribution in [0.5, 0.6) is 5.75 Å². The highest BCUT2D eigenvalue weighted by Gasteiger charge is 2.55. The molecule has 5 nitrogen and oxygen atoms in total. The first-order valence-electron chi connectivity index (χ1n) is 10.3. The van der Waals surface area contributed by atoms with Crippen molar-refractivity contribution >= 4 is 34.5 Å². The van der Waals surface area contributed by atoms with E-state index in [4.69, 9.17) is 4.74 Å². The van der Waals surface area contributed by atoms with Gasteiger partial charge in [-0.2, -0.15) is 11.3 Å². The largest absolute Gasteiger partial charge is 0.496 e. The maximum atomic E-state index is 13.1. The zero-order chi connectivity index (χ0) is 21.5. The van der Waals surface area contributed by atoms with Crippen molar-refractivity contribution in [3.05, 3.63) is 70.9 Å². The molecular formula is C25H21NO4S. The molecule has 2 heterocycles. The summed E-state index contributed by atoms with van der Waals surface area (Å²) in [4.78, 5) is 40.8. The van der Waals surface area contributed by atoms with Gasteiger partial charge in [0.15, 0.2) is 0 Å². The lowest BCUT2D eigenvalue weighted by atomic mass is 9.87. The van der Waals surface area contributed by atoms with Crippen molar-refractivity contribution in [1.82, 2.24) is 0 Å². The molecule has 0 spiro atoms. The second-order valence-corrected chi connectivity index (χ2v) is 8.72. The molecule has 1 saturated heterocycles. The Morgan fingerprint density at radius 2 is 1.74 bits per heavy atom. The van der Waals surface area contributed by atoms with Gasteiger partial charge in [-0.25, -0.2) is 0 Å². The number of carbonyl (C=O) groups excluding carboxylic acids is 3. The molecule has 1 amide bonds. The minimum absolute atomic E-state index is 0.125. The van der Waals surface area contributed by atoms with Gasteiger partial charge < -0.3 is 4.74 Å². The maximum absolute atomic E-state index is 13.1. The second-order valence-electron chi connectivity index (χ2n) is 7.94. The molecule has 0 radical (unpaired) electrons. The lowest BCUT2D eigenvalue weighted by Gasteiger charge is -2.28. The van der Waals surface area contributed by atoms with E-state index in [0.29, 0.717) is 17.0 Å². The fourth-order valence-electron chi connectivity index (χ4n) is 4.33. The second kappa shape index (κ2) is 7.78. The van der Waals surface area contributed by atoms with Crippen LogP contribution in [0.3, 0.4) is 0 Å². The molecule has 1 aromatic heterocycles. The average molecular weight is 432 g/mol. The molecule has 0 N–H and O–H groups in total. The number of amides is 1. The number of ether oxygens (including phenoxy) is 1. The van der Waals surface area contributed by atoms with Crippen LogP contribution in [0.25, 0.3) is 11.1 Å². The number of hydrogen-bond donors (Lipinski definition) is 0. The third-order valence-electron chi connectivity index (χ3n) is 6.05. The Labute approximate surface area is 184 Å². The standard InChI is InChI=1S/C25H21NO4S/c1-30-20-5-3-2-4-19(20)22-21(23(27)16-6-7-16)24(28)25(29)26(22)18-10-8-15(9-11-18)17-12-13-31-14-17/h2-5,8-14,16,21-22H,6-7H2,1H3. The normalized spacial score (nSPS) is 20.9. The minimum Gasteiger partial charge on any atom is -0.496 e. The lowest BCUT2D eigenvalue weighted by Crippen LogP contribution is -2.31. The number of rotatable bonds is 6. The lowest BCUT2D eigenvalue weighted by molar-refractivity contribution is -0.139. The van der Waals surface area contributed by atoms with Crippen molar-refractivity contribution < 1.29 is 19.1 Å². The molecule has 2 atom stereocenters. The van der Waals surface area contributed by atoms with Crippen LogP contribution in [0.1, 0.15) is 24.4 Å². The van der Waals surface area contributed by atoms with Gasteiger partial charge in [0.25, 0.3) is 5.91 Å². The molecule has 1 aliphatic carbocycles. The number of nitrogens with zero attached hydrogens (tertiary/aromatic N) is 1. The van der Waals surface area contributed by atoms with E-state index in [1.165, 1.54) is 4.90 Å².